The van der Waals surface area contributed by atoms with Crippen LogP contribution in [-0.2, 0) is 0 Å². The van der Waals surface area contributed by atoms with E-state index in [4.69, 9.17) is 4.99 Å². The van der Waals surface area contributed by atoms with Gasteiger partial charge in [0, 0.05) is 38.8 Å². The van der Waals surface area contributed by atoms with E-state index in [0.717, 1.165) is 45.1 Å². The number of allylic oxidation sites excluding steroid dienone is 2. The Kier molecular flexibility index (Phi) is 5.93. The highest BCUT2D eigenvalue weighted by molar-refractivity contribution is 6.19. The minimum atomic E-state index is -0.382. The summed E-state index contributed by atoms with van der Waals surface area (Å²) in [7, 11) is 0. The number of rotatable bonds is 3. The number of anilines is 4. The van der Waals surface area contributed by atoms with Crippen molar-refractivity contribution in [3.05, 3.63) is 170 Å². The second-order valence-electron chi connectivity index (χ2n) is 12.4. The van der Waals surface area contributed by atoms with Crippen molar-refractivity contribution in [2.45, 2.75) is 12.3 Å². The molecule has 0 bridgehead atoms. The monoisotopic (exact) mass is 617 g/mol. The summed E-state index contributed by atoms with van der Waals surface area (Å²) >= 11 is 0. The van der Waals surface area contributed by atoms with Crippen molar-refractivity contribution in [1.82, 2.24) is 9.88 Å². The smallest absolute Gasteiger partial charge is 0.201 e. The first-order valence-electron chi connectivity index (χ1n) is 16.5. The maximum Gasteiger partial charge on any atom is 0.201 e. The number of hydrogen-bond donors (Lipinski definition) is 2. The summed E-state index contributed by atoms with van der Waals surface area (Å²) in [5, 5.41) is 9.79. The number of benzene rings is 6. The van der Waals surface area contributed by atoms with Gasteiger partial charge in [0.05, 0.1) is 34.2 Å². The number of aromatic nitrogens is 1. The third-order valence-electron chi connectivity index (χ3n) is 9.81. The highest BCUT2D eigenvalue weighted by Gasteiger charge is 2.32. The van der Waals surface area contributed by atoms with Crippen LogP contribution < -0.4 is 15.5 Å². The Hall–Kier alpha value is -6.33. The van der Waals surface area contributed by atoms with Gasteiger partial charge in [-0.3, -0.25) is 0 Å². The maximum absolute atomic E-state index is 5.54. The topological polar surface area (TPSA) is 44.6 Å². The molecule has 4 heterocycles. The lowest BCUT2D eigenvalue weighted by atomic mass is 9.93. The van der Waals surface area contributed by atoms with E-state index in [0.29, 0.717) is 0 Å². The van der Waals surface area contributed by atoms with Crippen molar-refractivity contribution in [3.8, 4) is 22.3 Å². The SMILES string of the molecule is C1=CNC(C2=NC(n3c4ccccc4c4ccc5c(c43)-c3ccccc3-c3ccccc3N5c3ccccc3)Nc3ccccc32)C=C1. The fraction of sp³-hybridized carbons (Fsp3) is 0.0465. The molecule has 2 unspecified atom stereocenters. The molecule has 3 aliphatic heterocycles. The van der Waals surface area contributed by atoms with Gasteiger partial charge in [0.2, 0.25) is 6.29 Å². The van der Waals surface area contributed by atoms with Gasteiger partial charge in [-0.2, -0.15) is 0 Å². The molecule has 10 rings (SSSR count). The van der Waals surface area contributed by atoms with Crippen molar-refractivity contribution in [1.29, 1.82) is 0 Å². The van der Waals surface area contributed by atoms with E-state index < -0.39 is 0 Å². The van der Waals surface area contributed by atoms with Gasteiger partial charge < -0.3 is 20.1 Å². The summed E-state index contributed by atoms with van der Waals surface area (Å²) in [6.07, 6.45) is 7.92. The largest absolute Gasteiger partial charge is 0.379 e. The number of fused-ring (bicyclic) bond motifs is 10. The van der Waals surface area contributed by atoms with Gasteiger partial charge in [-0.25, -0.2) is 4.99 Å². The average molecular weight is 618 g/mol. The van der Waals surface area contributed by atoms with Crippen LogP contribution in [-0.4, -0.2) is 16.3 Å². The Morgan fingerprint density at radius 2 is 1.29 bits per heavy atom. The average Bonchev–Trinajstić information content (AvgIpc) is 3.43. The van der Waals surface area contributed by atoms with Crippen molar-refractivity contribution >= 4 is 50.3 Å². The van der Waals surface area contributed by atoms with Crippen LogP contribution >= 0.6 is 0 Å². The third kappa shape index (κ3) is 3.94. The van der Waals surface area contributed by atoms with Crippen molar-refractivity contribution in [2.24, 2.45) is 4.99 Å². The number of dihydropyridines is 1. The van der Waals surface area contributed by atoms with Crippen LogP contribution in [0.1, 0.15) is 11.9 Å². The van der Waals surface area contributed by atoms with Crippen LogP contribution in [0.15, 0.2) is 169 Å². The maximum atomic E-state index is 5.54. The molecule has 2 N–H and O–H groups in total. The normalized spacial score (nSPS) is 17.4. The van der Waals surface area contributed by atoms with Crippen molar-refractivity contribution in [3.63, 3.8) is 0 Å². The highest BCUT2D eigenvalue weighted by Crippen LogP contribution is 2.54. The van der Waals surface area contributed by atoms with Crippen LogP contribution in [0.5, 0.6) is 0 Å². The first-order valence-corrected chi connectivity index (χ1v) is 16.5. The molecule has 5 heteroatoms. The molecule has 0 spiro atoms. The number of hydrogen-bond acceptors (Lipinski definition) is 4. The van der Waals surface area contributed by atoms with Crippen molar-refractivity contribution < 1.29 is 0 Å². The quantitative estimate of drug-likeness (QED) is 0.207. The molecule has 0 saturated heterocycles. The van der Waals surface area contributed by atoms with Gasteiger partial charge >= 0.3 is 0 Å². The van der Waals surface area contributed by atoms with Crippen LogP contribution in [0.25, 0.3) is 44.1 Å². The number of aliphatic imine (C=N–C) groups is 1. The summed E-state index contributed by atoms with van der Waals surface area (Å²) in [5.41, 5.74) is 13.7. The van der Waals surface area contributed by atoms with Crippen molar-refractivity contribution in [2.75, 3.05) is 10.2 Å². The second-order valence-corrected chi connectivity index (χ2v) is 12.4. The van der Waals surface area contributed by atoms with Gasteiger partial charge in [0.25, 0.3) is 0 Å². The minimum Gasteiger partial charge on any atom is -0.379 e. The molecule has 3 aliphatic rings. The summed E-state index contributed by atoms with van der Waals surface area (Å²) in [6, 6.07) is 50.2. The van der Waals surface area contributed by atoms with Gasteiger partial charge in [-0.05, 0) is 59.8 Å². The zero-order valence-electron chi connectivity index (χ0n) is 26.1. The molecule has 6 aromatic carbocycles. The van der Waals surface area contributed by atoms with E-state index >= 15 is 0 Å². The Labute approximate surface area is 278 Å². The van der Waals surface area contributed by atoms with Crippen LogP contribution in [0.2, 0.25) is 0 Å². The van der Waals surface area contributed by atoms with E-state index in [1.807, 2.05) is 12.3 Å². The number of nitrogens with zero attached hydrogens (tertiary/aromatic N) is 3. The highest BCUT2D eigenvalue weighted by atomic mass is 15.3. The van der Waals surface area contributed by atoms with E-state index in [1.165, 1.54) is 33.0 Å². The van der Waals surface area contributed by atoms with Gasteiger partial charge in [0.1, 0.15) is 0 Å². The summed E-state index contributed by atoms with van der Waals surface area (Å²) < 4.78 is 2.43. The Morgan fingerprint density at radius 1 is 0.562 bits per heavy atom. The number of para-hydroxylation sites is 4. The molecular formula is C43H31N5. The zero-order valence-corrected chi connectivity index (χ0v) is 26.1. The molecule has 228 valence electrons. The van der Waals surface area contributed by atoms with E-state index in [1.54, 1.807) is 0 Å². The summed E-state index contributed by atoms with van der Waals surface area (Å²) in [5.74, 6) is 0. The van der Waals surface area contributed by atoms with Gasteiger partial charge in [-0.1, -0.05) is 115 Å². The Bertz CT molecular complexity index is 2490. The van der Waals surface area contributed by atoms with Crippen LogP contribution in [0.3, 0.4) is 0 Å². The molecule has 2 atom stereocenters. The lowest BCUT2D eigenvalue weighted by Gasteiger charge is -2.31. The molecule has 0 aliphatic carbocycles. The Balaban J connectivity index is 1.33. The molecule has 1 aromatic heterocycles. The molecule has 0 saturated carbocycles. The van der Waals surface area contributed by atoms with E-state index in [-0.39, 0.29) is 12.3 Å². The third-order valence-corrected chi connectivity index (χ3v) is 9.81. The molecule has 0 fully saturated rings. The molecule has 7 aromatic rings. The van der Waals surface area contributed by atoms with E-state index in [2.05, 4.69) is 172 Å². The molecule has 48 heavy (non-hydrogen) atoms. The standard InChI is InChI=1S/C43H31N5/c1-2-14-28(15-3-1)47-37-23-10-7-17-30(37)29-16-4-5-19-32(29)40-39(47)26-25-33-31-18-8-11-24-38(31)48(42(33)40)43-45-35-21-9-6-20-34(35)41(46-43)36-22-12-13-27-44-36/h1-27,36,43-45H. The lowest BCUT2D eigenvalue weighted by Crippen LogP contribution is -2.37. The zero-order chi connectivity index (χ0) is 31.6. The molecule has 0 radical (unpaired) electrons. The fourth-order valence-corrected chi connectivity index (χ4v) is 7.79. The van der Waals surface area contributed by atoms with Gasteiger partial charge in [0.15, 0.2) is 0 Å². The predicted octanol–water partition coefficient (Wildman–Crippen LogP) is 10.3. The molecule has 5 nitrogen and oxygen atoms in total. The van der Waals surface area contributed by atoms with E-state index in [9.17, 15) is 0 Å². The first kappa shape index (κ1) is 26.8. The summed E-state index contributed by atoms with van der Waals surface area (Å²) in [4.78, 5) is 7.97. The predicted molar refractivity (Wildman–Crippen MR) is 199 cm³/mol. The minimum absolute atomic E-state index is 0.0326. The second kappa shape index (κ2) is 10.6. The first-order chi connectivity index (χ1) is 23.8. The van der Waals surface area contributed by atoms with Crippen LogP contribution in [0.4, 0.5) is 22.7 Å². The van der Waals surface area contributed by atoms with Gasteiger partial charge in [-0.15, -0.1) is 0 Å². The Morgan fingerprint density at radius 3 is 2.15 bits per heavy atom. The molecule has 0 amide bonds. The summed E-state index contributed by atoms with van der Waals surface area (Å²) in [6.45, 7) is 0. The lowest BCUT2D eigenvalue weighted by molar-refractivity contribution is 0.618. The van der Waals surface area contributed by atoms with Crippen LogP contribution in [0, 0.1) is 0 Å². The number of nitrogens with one attached hydrogen (secondary N) is 2. The fourth-order valence-electron chi connectivity index (χ4n) is 7.79. The molecular weight excluding hydrogens is 587 g/mol.